The summed E-state index contributed by atoms with van der Waals surface area (Å²) in [4.78, 5) is 27.6. The van der Waals surface area contributed by atoms with E-state index in [4.69, 9.17) is 4.74 Å². The minimum Gasteiger partial charge on any atom is -0.497 e. The Balaban J connectivity index is 2.11. The van der Waals surface area contributed by atoms with E-state index < -0.39 is 6.04 Å². The largest absolute Gasteiger partial charge is 0.497 e. The van der Waals surface area contributed by atoms with Gasteiger partial charge in [0.2, 0.25) is 11.8 Å². The second-order valence-corrected chi connectivity index (χ2v) is 9.75. The summed E-state index contributed by atoms with van der Waals surface area (Å²) in [5.41, 5.74) is 2.96. The summed E-state index contributed by atoms with van der Waals surface area (Å²) in [7, 11) is 1.61. The summed E-state index contributed by atoms with van der Waals surface area (Å²) in [6, 6.07) is 15.3. The zero-order valence-corrected chi connectivity index (χ0v) is 20.2. The molecule has 0 aliphatic heterocycles. The Labute approximate surface area is 190 Å². The summed E-state index contributed by atoms with van der Waals surface area (Å²) in [5.74, 6) is 1.57. The second kappa shape index (κ2) is 11.2. The van der Waals surface area contributed by atoms with Crippen molar-refractivity contribution in [3.05, 3.63) is 65.2 Å². The van der Waals surface area contributed by atoms with Gasteiger partial charge in [-0.2, -0.15) is 0 Å². The fourth-order valence-corrected chi connectivity index (χ4v) is 3.92. The fourth-order valence-electron chi connectivity index (χ4n) is 3.05. The van der Waals surface area contributed by atoms with Crippen molar-refractivity contribution in [2.24, 2.45) is 0 Å². The lowest BCUT2D eigenvalue weighted by Gasteiger charge is -2.31. The van der Waals surface area contributed by atoms with Gasteiger partial charge in [-0.1, -0.05) is 42.0 Å². The van der Waals surface area contributed by atoms with Gasteiger partial charge in [-0.25, -0.2) is 0 Å². The molecule has 1 N–H and O–H groups in total. The number of aryl methyl sites for hydroxylation is 1. The molecule has 2 rings (SSSR count). The van der Waals surface area contributed by atoms with Crippen LogP contribution in [0.4, 0.5) is 0 Å². The Morgan fingerprint density at radius 1 is 1.10 bits per heavy atom. The number of hydrogen-bond acceptors (Lipinski definition) is 4. The molecule has 2 aromatic carbocycles. The van der Waals surface area contributed by atoms with Gasteiger partial charge in [-0.3, -0.25) is 9.59 Å². The maximum absolute atomic E-state index is 13.2. The molecule has 0 bridgehead atoms. The SMILES string of the molecule is COc1cccc(CN(C(=O)CSCc2ccc(C)cc2)[C@H](C)C(=O)NC(C)(C)C)c1. The number of thioether (sulfide) groups is 1. The molecule has 0 saturated heterocycles. The van der Waals surface area contributed by atoms with Crippen LogP contribution in [0.15, 0.2) is 48.5 Å². The minimum atomic E-state index is -0.585. The number of nitrogens with zero attached hydrogens (tertiary/aromatic N) is 1. The standard InChI is InChI=1S/C25H34N2O3S/c1-18-10-12-20(13-11-18)16-31-17-23(28)27(19(2)24(29)26-25(3,4)5)15-21-8-7-9-22(14-21)30-6/h7-14,19H,15-17H2,1-6H3,(H,26,29)/t19-/m1/s1. The number of carbonyl (C=O) groups excluding carboxylic acids is 2. The maximum Gasteiger partial charge on any atom is 0.242 e. The topological polar surface area (TPSA) is 58.6 Å². The van der Waals surface area contributed by atoms with E-state index in [0.717, 1.165) is 17.1 Å². The van der Waals surface area contributed by atoms with Crippen molar-refractivity contribution >= 4 is 23.6 Å². The quantitative estimate of drug-likeness (QED) is 0.618. The van der Waals surface area contributed by atoms with Crippen molar-refractivity contribution in [2.75, 3.05) is 12.9 Å². The minimum absolute atomic E-state index is 0.0588. The van der Waals surface area contributed by atoms with Crippen molar-refractivity contribution in [1.82, 2.24) is 10.2 Å². The zero-order chi connectivity index (χ0) is 23.0. The Morgan fingerprint density at radius 3 is 2.39 bits per heavy atom. The third-order valence-corrected chi connectivity index (χ3v) is 5.76. The van der Waals surface area contributed by atoms with Gasteiger partial charge in [-0.05, 0) is 57.9 Å². The molecule has 0 aliphatic rings. The third-order valence-electron chi connectivity index (χ3n) is 4.77. The number of methoxy groups -OCH3 is 1. The van der Waals surface area contributed by atoms with Gasteiger partial charge in [0.25, 0.3) is 0 Å². The highest BCUT2D eigenvalue weighted by molar-refractivity contribution is 7.99. The van der Waals surface area contributed by atoms with E-state index in [1.54, 1.807) is 30.7 Å². The van der Waals surface area contributed by atoms with Crippen molar-refractivity contribution in [3.63, 3.8) is 0 Å². The lowest BCUT2D eigenvalue weighted by Crippen LogP contribution is -2.52. The van der Waals surface area contributed by atoms with Gasteiger partial charge in [0.15, 0.2) is 0 Å². The van der Waals surface area contributed by atoms with Crippen molar-refractivity contribution in [3.8, 4) is 5.75 Å². The summed E-state index contributed by atoms with van der Waals surface area (Å²) >= 11 is 1.56. The highest BCUT2D eigenvalue weighted by Crippen LogP contribution is 2.19. The van der Waals surface area contributed by atoms with Gasteiger partial charge in [0, 0.05) is 17.8 Å². The fraction of sp³-hybridized carbons (Fsp3) is 0.440. The number of carbonyl (C=O) groups is 2. The summed E-state index contributed by atoms with van der Waals surface area (Å²) in [6.45, 7) is 9.99. The first-order valence-corrected chi connectivity index (χ1v) is 11.6. The molecule has 0 aliphatic carbocycles. The number of benzene rings is 2. The van der Waals surface area contributed by atoms with E-state index in [1.165, 1.54) is 11.1 Å². The summed E-state index contributed by atoms with van der Waals surface area (Å²) in [5, 5.41) is 2.99. The van der Waals surface area contributed by atoms with Crippen LogP contribution < -0.4 is 10.1 Å². The monoisotopic (exact) mass is 442 g/mol. The second-order valence-electron chi connectivity index (χ2n) is 8.77. The molecule has 0 radical (unpaired) electrons. The van der Waals surface area contributed by atoms with Crippen LogP contribution in [-0.2, 0) is 21.9 Å². The molecule has 0 spiro atoms. The highest BCUT2D eigenvalue weighted by Gasteiger charge is 2.28. The number of ether oxygens (including phenoxy) is 1. The van der Waals surface area contributed by atoms with E-state index in [0.29, 0.717) is 12.3 Å². The molecule has 0 heterocycles. The first kappa shape index (κ1) is 24.8. The van der Waals surface area contributed by atoms with Crippen molar-refractivity contribution in [1.29, 1.82) is 0 Å². The molecule has 6 heteroatoms. The van der Waals surface area contributed by atoms with E-state index in [-0.39, 0.29) is 17.4 Å². The maximum atomic E-state index is 13.2. The Bertz CT molecular complexity index is 875. The molecular formula is C25H34N2O3S. The molecule has 1 atom stereocenters. The molecule has 5 nitrogen and oxygen atoms in total. The van der Waals surface area contributed by atoms with Crippen molar-refractivity contribution < 1.29 is 14.3 Å². The summed E-state index contributed by atoms with van der Waals surface area (Å²) < 4.78 is 5.31. The van der Waals surface area contributed by atoms with E-state index in [2.05, 4.69) is 36.5 Å². The predicted octanol–water partition coefficient (Wildman–Crippen LogP) is 4.57. The number of rotatable bonds is 9. The van der Waals surface area contributed by atoms with Gasteiger partial charge < -0.3 is 15.0 Å². The first-order valence-electron chi connectivity index (χ1n) is 10.5. The van der Waals surface area contributed by atoms with E-state index in [9.17, 15) is 9.59 Å². The first-order chi connectivity index (χ1) is 14.6. The van der Waals surface area contributed by atoms with Gasteiger partial charge in [0.05, 0.1) is 12.9 Å². The van der Waals surface area contributed by atoms with Crippen LogP contribution in [0.2, 0.25) is 0 Å². The normalized spacial score (nSPS) is 12.2. The Morgan fingerprint density at radius 2 is 1.77 bits per heavy atom. The predicted molar refractivity (Wildman–Crippen MR) is 128 cm³/mol. The molecule has 0 saturated carbocycles. The van der Waals surface area contributed by atoms with E-state index in [1.807, 2.05) is 45.0 Å². The average molecular weight is 443 g/mol. The van der Waals surface area contributed by atoms with Gasteiger partial charge in [-0.15, -0.1) is 11.8 Å². The van der Waals surface area contributed by atoms with Crippen molar-refractivity contribution in [2.45, 2.75) is 58.5 Å². The molecule has 0 fully saturated rings. The molecule has 0 unspecified atom stereocenters. The van der Waals surface area contributed by atoms with Crippen LogP contribution in [-0.4, -0.2) is 41.2 Å². The lowest BCUT2D eigenvalue weighted by atomic mass is 10.1. The smallest absolute Gasteiger partial charge is 0.242 e. The van der Waals surface area contributed by atoms with Crippen LogP contribution in [0.1, 0.15) is 44.4 Å². The van der Waals surface area contributed by atoms with Crippen LogP contribution >= 0.6 is 11.8 Å². The van der Waals surface area contributed by atoms with Crippen LogP contribution in [0.25, 0.3) is 0 Å². The average Bonchev–Trinajstić information content (AvgIpc) is 2.71. The van der Waals surface area contributed by atoms with E-state index >= 15 is 0 Å². The summed E-state index contributed by atoms with van der Waals surface area (Å²) in [6.07, 6.45) is 0. The molecule has 31 heavy (non-hydrogen) atoms. The molecule has 2 aromatic rings. The van der Waals surface area contributed by atoms with Crippen LogP contribution in [0, 0.1) is 6.92 Å². The molecule has 2 amide bonds. The van der Waals surface area contributed by atoms with Gasteiger partial charge >= 0.3 is 0 Å². The molecule has 168 valence electrons. The third kappa shape index (κ3) is 8.29. The lowest BCUT2D eigenvalue weighted by molar-refractivity contribution is -0.139. The Hall–Kier alpha value is -2.47. The molecule has 0 aromatic heterocycles. The number of nitrogens with one attached hydrogen (secondary N) is 1. The number of hydrogen-bond donors (Lipinski definition) is 1. The zero-order valence-electron chi connectivity index (χ0n) is 19.4. The molecular weight excluding hydrogens is 408 g/mol. The number of amides is 2. The van der Waals surface area contributed by atoms with Crippen LogP contribution in [0.5, 0.6) is 5.75 Å². The Kier molecular flexibility index (Phi) is 8.99. The highest BCUT2D eigenvalue weighted by atomic mass is 32.2. The van der Waals surface area contributed by atoms with Gasteiger partial charge in [0.1, 0.15) is 11.8 Å². The van der Waals surface area contributed by atoms with Crippen LogP contribution in [0.3, 0.4) is 0 Å².